The lowest BCUT2D eigenvalue weighted by Crippen LogP contribution is -2.52. The molecule has 5 nitrogen and oxygen atoms in total. The molecule has 0 aromatic heterocycles. The zero-order valence-electron chi connectivity index (χ0n) is 12.4. The van der Waals surface area contributed by atoms with E-state index in [2.05, 4.69) is 24.5 Å². The van der Waals surface area contributed by atoms with Crippen LogP contribution in [0.3, 0.4) is 0 Å². The lowest BCUT2D eigenvalue weighted by molar-refractivity contribution is -0.153. The summed E-state index contributed by atoms with van der Waals surface area (Å²) in [4.78, 5) is 23.1. The van der Waals surface area contributed by atoms with Crippen molar-refractivity contribution in [3.8, 4) is 0 Å². The predicted molar refractivity (Wildman–Crippen MR) is 76.4 cm³/mol. The van der Waals surface area contributed by atoms with Crippen molar-refractivity contribution in [2.45, 2.75) is 58.4 Å². The van der Waals surface area contributed by atoms with E-state index in [0.717, 1.165) is 19.3 Å². The number of rotatable bonds is 4. The number of hydrogen-bond donors (Lipinski definition) is 3. The van der Waals surface area contributed by atoms with Gasteiger partial charge in [0.2, 0.25) is 0 Å². The second-order valence-electron chi connectivity index (χ2n) is 6.88. The van der Waals surface area contributed by atoms with Crippen molar-refractivity contribution in [2.75, 3.05) is 6.54 Å². The van der Waals surface area contributed by atoms with Gasteiger partial charge in [-0.25, -0.2) is 4.79 Å². The van der Waals surface area contributed by atoms with Crippen LogP contribution in [0.4, 0.5) is 4.79 Å². The highest BCUT2D eigenvalue weighted by Gasteiger charge is 2.44. The minimum absolute atomic E-state index is 0.218. The standard InChI is InChI=1S/C15H26N2O3/c1-10-6-11(2)8-12(7-10)17-14(20)16-9-15(13(18)19)4-3-5-15/h10-12H,3-9H2,1-2H3,(H,18,19)(H2,16,17,20). The van der Waals surface area contributed by atoms with Crippen molar-refractivity contribution in [3.05, 3.63) is 0 Å². The quantitative estimate of drug-likeness (QED) is 0.740. The molecule has 114 valence electrons. The zero-order chi connectivity index (χ0) is 14.8. The summed E-state index contributed by atoms with van der Waals surface area (Å²) in [6, 6.07) is -0.000237. The van der Waals surface area contributed by atoms with Crippen LogP contribution < -0.4 is 10.6 Å². The number of urea groups is 1. The third kappa shape index (κ3) is 3.44. The molecule has 0 radical (unpaired) electrons. The molecule has 2 aliphatic rings. The number of aliphatic carboxylic acids is 1. The van der Waals surface area contributed by atoms with E-state index < -0.39 is 11.4 Å². The first-order chi connectivity index (χ1) is 9.41. The van der Waals surface area contributed by atoms with E-state index >= 15 is 0 Å². The molecular formula is C15H26N2O3. The van der Waals surface area contributed by atoms with Gasteiger partial charge in [0.05, 0.1) is 5.41 Å². The Morgan fingerprint density at radius 3 is 2.20 bits per heavy atom. The minimum Gasteiger partial charge on any atom is -0.481 e. The van der Waals surface area contributed by atoms with Gasteiger partial charge in [-0.1, -0.05) is 20.3 Å². The lowest BCUT2D eigenvalue weighted by atomic mass is 9.69. The van der Waals surface area contributed by atoms with Gasteiger partial charge in [-0.15, -0.1) is 0 Å². The molecule has 0 spiro atoms. The van der Waals surface area contributed by atoms with Gasteiger partial charge < -0.3 is 15.7 Å². The Labute approximate surface area is 120 Å². The van der Waals surface area contributed by atoms with Gasteiger partial charge >= 0.3 is 12.0 Å². The third-order valence-electron chi connectivity index (χ3n) is 4.87. The van der Waals surface area contributed by atoms with E-state index in [1.807, 2.05) is 0 Å². The number of carboxylic acid groups (broad SMARTS) is 1. The van der Waals surface area contributed by atoms with Gasteiger partial charge in [0.25, 0.3) is 0 Å². The maximum absolute atomic E-state index is 11.9. The summed E-state index contributed by atoms with van der Waals surface area (Å²) in [7, 11) is 0. The van der Waals surface area contributed by atoms with Crippen LogP contribution in [-0.4, -0.2) is 29.7 Å². The van der Waals surface area contributed by atoms with E-state index in [1.54, 1.807) is 0 Å². The SMILES string of the molecule is CC1CC(C)CC(NC(=O)NCC2(C(=O)O)CCC2)C1. The van der Waals surface area contributed by atoms with E-state index in [-0.39, 0.29) is 18.6 Å². The van der Waals surface area contributed by atoms with E-state index in [9.17, 15) is 14.7 Å². The van der Waals surface area contributed by atoms with Gasteiger partial charge in [0, 0.05) is 12.6 Å². The smallest absolute Gasteiger partial charge is 0.315 e. The second kappa shape index (κ2) is 6.02. The highest BCUT2D eigenvalue weighted by atomic mass is 16.4. The van der Waals surface area contributed by atoms with Crippen LogP contribution in [0.15, 0.2) is 0 Å². The maximum atomic E-state index is 11.9. The fourth-order valence-corrected chi connectivity index (χ4v) is 3.62. The second-order valence-corrected chi connectivity index (χ2v) is 6.88. The Hall–Kier alpha value is -1.26. The molecule has 2 rings (SSSR count). The molecule has 0 aromatic carbocycles. The lowest BCUT2D eigenvalue weighted by Gasteiger charge is -2.38. The van der Waals surface area contributed by atoms with Crippen molar-refractivity contribution in [1.82, 2.24) is 10.6 Å². The fraction of sp³-hybridized carbons (Fsp3) is 0.867. The summed E-state index contributed by atoms with van der Waals surface area (Å²) in [5.41, 5.74) is -0.718. The molecule has 5 heteroatoms. The van der Waals surface area contributed by atoms with Crippen molar-refractivity contribution >= 4 is 12.0 Å². The number of amides is 2. The summed E-state index contributed by atoms with van der Waals surface area (Å²) < 4.78 is 0. The van der Waals surface area contributed by atoms with Gasteiger partial charge in [-0.2, -0.15) is 0 Å². The van der Waals surface area contributed by atoms with E-state index in [4.69, 9.17) is 0 Å². The molecule has 2 amide bonds. The van der Waals surface area contributed by atoms with E-state index in [0.29, 0.717) is 24.7 Å². The average molecular weight is 282 g/mol. The van der Waals surface area contributed by atoms with Gasteiger partial charge in [0.15, 0.2) is 0 Å². The Morgan fingerprint density at radius 1 is 1.15 bits per heavy atom. The Morgan fingerprint density at radius 2 is 1.75 bits per heavy atom. The summed E-state index contributed by atoms with van der Waals surface area (Å²) in [6.07, 6.45) is 5.53. The largest absolute Gasteiger partial charge is 0.481 e. The number of hydrogen-bond acceptors (Lipinski definition) is 2. The Balaban J connectivity index is 1.76. The van der Waals surface area contributed by atoms with Crippen molar-refractivity contribution in [1.29, 1.82) is 0 Å². The highest BCUT2D eigenvalue weighted by molar-refractivity contribution is 5.79. The highest BCUT2D eigenvalue weighted by Crippen LogP contribution is 2.40. The molecule has 0 aromatic rings. The average Bonchev–Trinajstić information content (AvgIpc) is 2.25. The van der Waals surface area contributed by atoms with Crippen LogP contribution in [0.2, 0.25) is 0 Å². The molecule has 2 aliphatic carbocycles. The molecule has 0 saturated heterocycles. The first-order valence-electron chi connectivity index (χ1n) is 7.69. The summed E-state index contributed by atoms with van der Waals surface area (Å²) in [5.74, 6) is 0.492. The number of carboxylic acids is 1. The van der Waals surface area contributed by atoms with Crippen LogP contribution in [0.25, 0.3) is 0 Å². The minimum atomic E-state index is -0.788. The van der Waals surface area contributed by atoms with Crippen LogP contribution in [0, 0.1) is 17.3 Å². The predicted octanol–water partition coefficient (Wildman–Crippen LogP) is 2.37. The first kappa shape index (κ1) is 15.1. The molecule has 2 unspecified atom stereocenters. The zero-order valence-corrected chi connectivity index (χ0v) is 12.4. The third-order valence-corrected chi connectivity index (χ3v) is 4.87. The van der Waals surface area contributed by atoms with E-state index in [1.165, 1.54) is 6.42 Å². The van der Waals surface area contributed by atoms with Crippen LogP contribution in [-0.2, 0) is 4.79 Å². The van der Waals surface area contributed by atoms with Gasteiger partial charge in [0.1, 0.15) is 0 Å². The van der Waals surface area contributed by atoms with Gasteiger partial charge in [-0.05, 0) is 43.9 Å². The van der Waals surface area contributed by atoms with Gasteiger partial charge in [-0.3, -0.25) is 4.79 Å². The number of carbonyl (C=O) groups is 2. The molecule has 0 bridgehead atoms. The summed E-state index contributed by atoms with van der Waals surface area (Å²) in [5, 5.41) is 15.0. The molecule has 2 fully saturated rings. The first-order valence-corrected chi connectivity index (χ1v) is 7.69. The van der Waals surface area contributed by atoms with Crippen LogP contribution in [0.1, 0.15) is 52.4 Å². The molecule has 2 saturated carbocycles. The topological polar surface area (TPSA) is 78.4 Å². The Kier molecular flexibility index (Phi) is 4.55. The fourth-order valence-electron chi connectivity index (χ4n) is 3.62. The normalized spacial score (nSPS) is 32.0. The maximum Gasteiger partial charge on any atom is 0.315 e. The van der Waals surface area contributed by atoms with Crippen LogP contribution in [0.5, 0.6) is 0 Å². The molecule has 20 heavy (non-hydrogen) atoms. The van der Waals surface area contributed by atoms with Crippen molar-refractivity contribution < 1.29 is 14.7 Å². The molecule has 3 N–H and O–H groups in total. The number of carbonyl (C=O) groups excluding carboxylic acids is 1. The summed E-state index contributed by atoms with van der Waals surface area (Å²) in [6.45, 7) is 4.68. The summed E-state index contributed by atoms with van der Waals surface area (Å²) >= 11 is 0. The molecule has 0 aliphatic heterocycles. The molecule has 0 heterocycles. The number of nitrogens with one attached hydrogen (secondary N) is 2. The molecular weight excluding hydrogens is 256 g/mol. The molecule has 2 atom stereocenters. The Bertz CT molecular complexity index is 369. The van der Waals surface area contributed by atoms with Crippen molar-refractivity contribution in [3.63, 3.8) is 0 Å². The van der Waals surface area contributed by atoms with Crippen LogP contribution >= 0.6 is 0 Å². The van der Waals surface area contributed by atoms with Crippen molar-refractivity contribution in [2.24, 2.45) is 17.3 Å². The monoisotopic (exact) mass is 282 g/mol.